The summed E-state index contributed by atoms with van der Waals surface area (Å²) in [7, 11) is 3.58. The van der Waals surface area contributed by atoms with E-state index in [-0.39, 0.29) is 0 Å². The Balaban J connectivity index is 1.46. The highest BCUT2D eigenvalue weighted by Gasteiger charge is 2.25. The lowest BCUT2D eigenvalue weighted by molar-refractivity contribution is 0.414. The van der Waals surface area contributed by atoms with E-state index in [0.717, 1.165) is 50.6 Å². The highest BCUT2D eigenvalue weighted by molar-refractivity contribution is 5.80. The maximum absolute atomic E-state index is 5.26. The lowest BCUT2D eigenvalue weighted by Crippen LogP contribution is -2.40. The van der Waals surface area contributed by atoms with Crippen LogP contribution in [0.3, 0.4) is 0 Å². The Kier molecular flexibility index (Phi) is 6.53. The third-order valence-electron chi connectivity index (χ3n) is 5.05. The van der Waals surface area contributed by atoms with Gasteiger partial charge in [-0.2, -0.15) is 0 Å². The van der Waals surface area contributed by atoms with Crippen LogP contribution < -0.4 is 10.1 Å². The van der Waals surface area contributed by atoms with Crippen LogP contribution in [0.4, 0.5) is 0 Å². The molecule has 138 valence electrons. The highest BCUT2D eigenvalue weighted by atomic mass is 16.5. The second-order valence-corrected chi connectivity index (χ2v) is 6.77. The molecule has 4 nitrogen and oxygen atoms in total. The third-order valence-corrected chi connectivity index (χ3v) is 5.05. The van der Waals surface area contributed by atoms with E-state index in [4.69, 9.17) is 4.74 Å². The Morgan fingerprint density at radius 2 is 1.92 bits per heavy atom. The molecule has 1 aliphatic rings. The Bertz CT molecular complexity index is 697. The van der Waals surface area contributed by atoms with E-state index >= 15 is 0 Å². The first kappa shape index (κ1) is 18.3. The molecule has 26 heavy (non-hydrogen) atoms. The number of nitrogens with zero attached hydrogens (tertiary/aromatic N) is 2. The predicted molar refractivity (Wildman–Crippen MR) is 108 cm³/mol. The fourth-order valence-electron chi connectivity index (χ4n) is 3.57. The van der Waals surface area contributed by atoms with Crippen molar-refractivity contribution in [3.63, 3.8) is 0 Å². The van der Waals surface area contributed by atoms with E-state index in [2.05, 4.69) is 69.8 Å². The van der Waals surface area contributed by atoms with E-state index in [1.54, 1.807) is 7.11 Å². The van der Waals surface area contributed by atoms with Gasteiger partial charge in [0.15, 0.2) is 5.96 Å². The summed E-state index contributed by atoms with van der Waals surface area (Å²) in [4.78, 5) is 6.85. The van der Waals surface area contributed by atoms with Crippen LogP contribution >= 0.6 is 0 Å². The zero-order valence-electron chi connectivity index (χ0n) is 15.8. The summed E-state index contributed by atoms with van der Waals surface area (Å²) in [5.74, 6) is 2.50. The van der Waals surface area contributed by atoms with Gasteiger partial charge >= 0.3 is 0 Å². The molecule has 2 aromatic carbocycles. The van der Waals surface area contributed by atoms with E-state index in [1.807, 2.05) is 7.05 Å². The smallest absolute Gasteiger partial charge is 0.193 e. The summed E-state index contributed by atoms with van der Waals surface area (Å²) >= 11 is 0. The van der Waals surface area contributed by atoms with E-state index < -0.39 is 0 Å². The Hall–Kier alpha value is -2.49. The minimum Gasteiger partial charge on any atom is -0.497 e. The molecule has 0 saturated carbocycles. The van der Waals surface area contributed by atoms with Gasteiger partial charge in [0.25, 0.3) is 0 Å². The molecule has 1 atom stereocenters. The normalized spacial score (nSPS) is 17.4. The van der Waals surface area contributed by atoms with Gasteiger partial charge in [-0.15, -0.1) is 0 Å². The van der Waals surface area contributed by atoms with Gasteiger partial charge in [0.1, 0.15) is 5.75 Å². The lowest BCUT2D eigenvalue weighted by Gasteiger charge is -2.22. The van der Waals surface area contributed by atoms with Gasteiger partial charge < -0.3 is 15.0 Å². The van der Waals surface area contributed by atoms with Crippen molar-refractivity contribution in [1.82, 2.24) is 10.2 Å². The molecule has 0 amide bonds. The quantitative estimate of drug-likeness (QED) is 0.490. The fourth-order valence-corrected chi connectivity index (χ4v) is 3.57. The van der Waals surface area contributed by atoms with Crippen molar-refractivity contribution in [2.45, 2.75) is 25.2 Å². The minimum atomic E-state index is 0.559. The summed E-state index contributed by atoms with van der Waals surface area (Å²) in [6.07, 6.45) is 3.37. The van der Waals surface area contributed by atoms with Crippen molar-refractivity contribution in [3.05, 3.63) is 65.7 Å². The van der Waals surface area contributed by atoms with Crippen LogP contribution in [-0.4, -0.2) is 44.7 Å². The Labute approximate surface area is 156 Å². The van der Waals surface area contributed by atoms with Crippen LogP contribution in [0.1, 0.15) is 29.9 Å². The van der Waals surface area contributed by atoms with Gasteiger partial charge in [-0.25, -0.2) is 0 Å². The average molecular weight is 351 g/mol. The average Bonchev–Trinajstić information content (AvgIpc) is 3.19. The monoisotopic (exact) mass is 351 g/mol. The molecule has 1 fully saturated rings. The number of likely N-dealkylation sites (tertiary alicyclic amines) is 1. The first-order chi connectivity index (χ1) is 12.8. The van der Waals surface area contributed by atoms with Crippen LogP contribution in [0.2, 0.25) is 0 Å². The van der Waals surface area contributed by atoms with Gasteiger partial charge in [-0.1, -0.05) is 42.5 Å². The predicted octanol–water partition coefficient (Wildman–Crippen LogP) is 3.69. The van der Waals surface area contributed by atoms with Crippen LogP contribution in [0.25, 0.3) is 0 Å². The summed E-state index contributed by atoms with van der Waals surface area (Å²) in [5.41, 5.74) is 2.78. The molecule has 2 aromatic rings. The van der Waals surface area contributed by atoms with Crippen LogP contribution in [0.15, 0.2) is 59.6 Å². The zero-order chi connectivity index (χ0) is 18.2. The number of benzene rings is 2. The minimum absolute atomic E-state index is 0.559. The molecular formula is C22H29N3O. The molecule has 0 aliphatic carbocycles. The van der Waals surface area contributed by atoms with Crippen LogP contribution in [0, 0.1) is 0 Å². The van der Waals surface area contributed by atoms with Gasteiger partial charge in [0.2, 0.25) is 0 Å². The topological polar surface area (TPSA) is 36.9 Å². The molecule has 4 heteroatoms. The molecule has 3 rings (SSSR count). The molecule has 1 unspecified atom stereocenters. The van der Waals surface area contributed by atoms with Gasteiger partial charge in [0.05, 0.1) is 7.11 Å². The Morgan fingerprint density at radius 1 is 1.15 bits per heavy atom. The number of rotatable bonds is 6. The number of methoxy groups -OCH3 is 1. The largest absolute Gasteiger partial charge is 0.497 e. The molecule has 1 heterocycles. The summed E-state index contributed by atoms with van der Waals surface area (Å²) in [6, 6.07) is 19.1. The number of nitrogens with one attached hydrogen (secondary N) is 1. The number of hydrogen-bond donors (Lipinski definition) is 1. The van der Waals surface area contributed by atoms with Gasteiger partial charge in [0, 0.05) is 32.6 Å². The maximum atomic E-state index is 5.26. The van der Waals surface area contributed by atoms with Gasteiger partial charge in [-0.3, -0.25) is 4.99 Å². The number of ether oxygens (including phenoxy) is 1. The highest BCUT2D eigenvalue weighted by Crippen LogP contribution is 2.28. The van der Waals surface area contributed by atoms with Crippen LogP contribution in [-0.2, 0) is 6.42 Å². The third kappa shape index (κ3) is 4.78. The maximum Gasteiger partial charge on any atom is 0.193 e. The summed E-state index contributed by atoms with van der Waals surface area (Å²) < 4.78 is 5.26. The van der Waals surface area contributed by atoms with Gasteiger partial charge in [-0.05, 0) is 42.5 Å². The molecule has 0 spiro atoms. The number of hydrogen-bond acceptors (Lipinski definition) is 2. The first-order valence-corrected chi connectivity index (χ1v) is 9.43. The molecule has 1 saturated heterocycles. The molecular weight excluding hydrogens is 322 g/mol. The molecule has 1 N–H and O–H groups in total. The second kappa shape index (κ2) is 9.27. The van der Waals surface area contributed by atoms with E-state index in [0.29, 0.717) is 5.92 Å². The number of guanidine groups is 1. The Morgan fingerprint density at radius 3 is 2.62 bits per heavy atom. The van der Waals surface area contributed by atoms with Crippen molar-refractivity contribution < 1.29 is 4.74 Å². The second-order valence-electron chi connectivity index (χ2n) is 6.77. The first-order valence-electron chi connectivity index (χ1n) is 9.43. The fraction of sp³-hybridized carbons (Fsp3) is 0.409. The molecule has 1 aliphatic heterocycles. The molecule has 0 aromatic heterocycles. The number of aliphatic imine (C=N–C) groups is 1. The molecule has 0 radical (unpaired) electrons. The van der Waals surface area contributed by atoms with Crippen molar-refractivity contribution in [1.29, 1.82) is 0 Å². The van der Waals surface area contributed by atoms with E-state index in [9.17, 15) is 0 Å². The summed E-state index contributed by atoms with van der Waals surface area (Å²) in [6.45, 7) is 3.02. The summed E-state index contributed by atoms with van der Waals surface area (Å²) in [5, 5.41) is 3.53. The van der Waals surface area contributed by atoms with Crippen LogP contribution in [0.5, 0.6) is 5.75 Å². The number of aryl methyl sites for hydroxylation is 1. The van der Waals surface area contributed by atoms with Crippen molar-refractivity contribution in [2.75, 3.05) is 33.8 Å². The van der Waals surface area contributed by atoms with Crippen molar-refractivity contribution in [2.24, 2.45) is 4.99 Å². The van der Waals surface area contributed by atoms with E-state index in [1.165, 1.54) is 11.1 Å². The standard InChI is InChI=1S/C22H29N3O/c1-23-22(24-15-6-9-18-7-4-3-5-8-18)25-16-14-20(17-25)19-10-12-21(26-2)13-11-19/h3-5,7-8,10-13,20H,6,9,14-17H2,1-2H3,(H,23,24). The zero-order valence-corrected chi connectivity index (χ0v) is 15.8. The van der Waals surface area contributed by atoms with Crippen molar-refractivity contribution in [3.8, 4) is 5.75 Å². The van der Waals surface area contributed by atoms with Crippen molar-refractivity contribution >= 4 is 5.96 Å². The molecule has 0 bridgehead atoms. The lowest BCUT2D eigenvalue weighted by atomic mass is 9.98. The SMILES string of the molecule is CN=C(NCCCc1ccccc1)N1CCC(c2ccc(OC)cc2)C1.